The molecule has 0 saturated heterocycles. The van der Waals surface area contributed by atoms with Crippen LogP contribution in [-0.4, -0.2) is 39.8 Å². The number of carbonyl (C=O) groups excluding carboxylic acids is 2. The van der Waals surface area contributed by atoms with Crippen LogP contribution in [0.1, 0.15) is 10.4 Å². The van der Waals surface area contributed by atoms with Crippen molar-refractivity contribution < 1.29 is 19.2 Å². The van der Waals surface area contributed by atoms with Gasteiger partial charge in [0.1, 0.15) is 11.4 Å². The summed E-state index contributed by atoms with van der Waals surface area (Å²) < 4.78 is 5.41. The lowest BCUT2D eigenvalue weighted by Crippen LogP contribution is -2.15. The average Bonchev–Trinajstić information content (AvgIpc) is 3.20. The molecule has 0 aliphatic rings. The predicted octanol–water partition coefficient (Wildman–Crippen LogP) is 4.09. The molecule has 13 heteroatoms. The number of nitro benzene ring substituents is 1. The minimum atomic E-state index is -0.605. The largest absolute Gasteiger partial charge is 0.496 e. The summed E-state index contributed by atoms with van der Waals surface area (Å²) in [7, 11) is 1.39. The van der Waals surface area contributed by atoms with E-state index in [1.165, 1.54) is 25.3 Å². The van der Waals surface area contributed by atoms with Crippen molar-refractivity contribution in [1.82, 2.24) is 10.2 Å². The lowest BCUT2D eigenvalue weighted by atomic mass is 10.2. The van der Waals surface area contributed by atoms with Crippen molar-refractivity contribution in [3.05, 3.63) is 63.2 Å². The molecule has 0 fully saturated rings. The fourth-order valence-corrected chi connectivity index (χ4v) is 3.97. The number of thioether (sulfide) groups is 1. The normalized spacial score (nSPS) is 10.4. The Balaban J connectivity index is 1.56. The number of aromatic nitrogens is 2. The van der Waals surface area contributed by atoms with E-state index in [1.54, 1.807) is 24.3 Å². The minimum absolute atomic E-state index is 0.0526. The summed E-state index contributed by atoms with van der Waals surface area (Å²) in [5.41, 5.74) is 0.194. The molecule has 2 N–H and O–H groups in total. The van der Waals surface area contributed by atoms with E-state index in [4.69, 9.17) is 16.3 Å². The van der Waals surface area contributed by atoms with Crippen molar-refractivity contribution in [3.63, 3.8) is 0 Å². The van der Waals surface area contributed by atoms with Gasteiger partial charge in [0, 0.05) is 10.6 Å². The third kappa shape index (κ3) is 6.13. The molecule has 1 heterocycles. The fraction of sp³-hybridized carbons (Fsp3) is 0.111. The third-order valence-electron chi connectivity index (χ3n) is 3.74. The molecule has 160 valence electrons. The van der Waals surface area contributed by atoms with Crippen molar-refractivity contribution in [2.45, 2.75) is 4.34 Å². The Kier molecular flexibility index (Phi) is 7.39. The second kappa shape index (κ2) is 10.2. The van der Waals surface area contributed by atoms with E-state index in [0.717, 1.165) is 23.1 Å². The topological polar surface area (TPSA) is 136 Å². The zero-order valence-electron chi connectivity index (χ0n) is 15.8. The first kappa shape index (κ1) is 22.5. The number of anilines is 2. The van der Waals surface area contributed by atoms with Crippen LogP contribution < -0.4 is 15.4 Å². The first-order valence-corrected chi connectivity index (χ1v) is 10.7. The maximum atomic E-state index is 12.2. The molecule has 0 aliphatic carbocycles. The van der Waals surface area contributed by atoms with Crippen LogP contribution in [0.25, 0.3) is 0 Å². The SMILES string of the molecule is COc1ccc(NC(=O)CSc2nnc(NC(=O)c3ccc(Cl)cc3)s2)c([N+](=O)[O-])c1. The van der Waals surface area contributed by atoms with E-state index in [-0.39, 0.29) is 28.2 Å². The lowest BCUT2D eigenvalue weighted by molar-refractivity contribution is -0.384. The Bertz CT molecular complexity index is 1120. The van der Waals surface area contributed by atoms with Gasteiger partial charge in [0.25, 0.3) is 11.6 Å². The van der Waals surface area contributed by atoms with Crippen molar-refractivity contribution in [3.8, 4) is 5.75 Å². The Morgan fingerprint density at radius 2 is 1.94 bits per heavy atom. The number of halogens is 1. The zero-order chi connectivity index (χ0) is 22.4. The van der Waals surface area contributed by atoms with Crippen molar-refractivity contribution in [1.29, 1.82) is 0 Å². The summed E-state index contributed by atoms with van der Waals surface area (Å²) in [4.78, 5) is 35.0. The van der Waals surface area contributed by atoms with Crippen LogP contribution in [-0.2, 0) is 4.79 Å². The van der Waals surface area contributed by atoms with Crippen LogP contribution in [0, 0.1) is 10.1 Å². The molecule has 3 aromatic rings. The molecule has 0 radical (unpaired) electrons. The lowest BCUT2D eigenvalue weighted by Gasteiger charge is -2.07. The van der Waals surface area contributed by atoms with Crippen molar-refractivity contribution in [2.24, 2.45) is 0 Å². The molecule has 0 atom stereocenters. The van der Waals surface area contributed by atoms with E-state index >= 15 is 0 Å². The molecule has 2 aromatic carbocycles. The quantitative estimate of drug-likeness (QED) is 0.213. The molecule has 31 heavy (non-hydrogen) atoms. The molecule has 0 saturated carbocycles. The van der Waals surface area contributed by atoms with Crippen LogP contribution in [0.15, 0.2) is 46.8 Å². The van der Waals surface area contributed by atoms with Gasteiger partial charge in [-0.15, -0.1) is 10.2 Å². The van der Waals surface area contributed by atoms with E-state index in [9.17, 15) is 19.7 Å². The second-order valence-electron chi connectivity index (χ2n) is 5.81. The molecular formula is C18H14ClN5O5S2. The monoisotopic (exact) mass is 479 g/mol. The van der Waals surface area contributed by atoms with Gasteiger partial charge >= 0.3 is 0 Å². The highest BCUT2D eigenvalue weighted by atomic mass is 35.5. The van der Waals surface area contributed by atoms with Crippen LogP contribution in [0.4, 0.5) is 16.5 Å². The molecule has 10 nitrogen and oxygen atoms in total. The van der Waals surface area contributed by atoms with Crippen molar-refractivity contribution in [2.75, 3.05) is 23.5 Å². The second-order valence-corrected chi connectivity index (χ2v) is 8.45. The number of methoxy groups -OCH3 is 1. The Morgan fingerprint density at radius 3 is 2.61 bits per heavy atom. The molecular weight excluding hydrogens is 466 g/mol. The highest BCUT2D eigenvalue weighted by Gasteiger charge is 2.18. The molecule has 2 amide bonds. The number of ether oxygens (including phenoxy) is 1. The zero-order valence-corrected chi connectivity index (χ0v) is 18.2. The summed E-state index contributed by atoms with van der Waals surface area (Å²) in [6.07, 6.45) is 0. The van der Waals surface area contributed by atoms with Crippen LogP contribution >= 0.6 is 34.7 Å². The Labute approximate surface area is 189 Å². The number of benzene rings is 2. The van der Waals surface area contributed by atoms with Gasteiger partial charge in [-0.25, -0.2) is 0 Å². The van der Waals surface area contributed by atoms with Gasteiger partial charge in [-0.05, 0) is 36.4 Å². The van der Waals surface area contributed by atoms with Gasteiger partial charge in [-0.2, -0.15) is 0 Å². The van der Waals surface area contributed by atoms with Gasteiger partial charge in [-0.3, -0.25) is 25.0 Å². The highest BCUT2D eigenvalue weighted by molar-refractivity contribution is 8.01. The number of carbonyl (C=O) groups is 2. The predicted molar refractivity (Wildman–Crippen MR) is 118 cm³/mol. The number of nitro groups is 1. The first-order chi connectivity index (χ1) is 14.9. The maximum absolute atomic E-state index is 12.2. The van der Waals surface area contributed by atoms with Gasteiger partial charge in [0.15, 0.2) is 4.34 Å². The third-order valence-corrected chi connectivity index (χ3v) is 5.96. The molecule has 0 spiro atoms. The number of amides is 2. The smallest absolute Gasteiger partial charge is 0.296 e. The first-order valence-electron chi connectivity index (χ1n) is 8.51. The van der Waals surface area contributed by atoms with Gasteiger partial charge in [0.2, 0.25) is 11.0 Å². The number of rotatable bonds is 8. The van der Waals surface area contributed by atoms with Crippen LogP contribution in [0.3, 0.4) is 0 Å². The van der Waals surface area contributed by atoms with E-state index < -0.39 is 10.8 Å². The molecule has 0 unspecified atom stereocenters. The molecule has 3 rings (SSSR count). The maximum Gasteiger partial charge on any atom is 0.296 e. The molecule has 0 bridgehead atoms. The summed E-state index contributed by atoms with van der Waals surface area (Å²) >= 11 is 7.99. The number of nitrogens with one attached hydrogen (secondary N) is 2. The summed E-state index contributed by atoms with van der Waals surface area (Å²) in [6, 6.07) is 10.5. The number of hydrogen-bond acceptors (Lipinski definition) is 9. The molecule has 1 aromatic heterocycles. The molecule has 0 aliphatic heterocycles. The standard InChI is InChI=1S/C18H14ClN5O5S2/c1-29-12-6-7-13(14(8-12)24(27)28)20-15(25)9-30-18-23-22-17(31-18)21-16(26)10-2-4-11(19)5-3-10/h2-8H,9H2,1H3,(H,20,25)(H,21,22,26). The summed E-state index contributed by atoms with van der Waals surface area (Å²) in [6.45, 7) is 0. The van der Waals surface area contributed by atoms with Gasteiger partial charge in [-0.1, -0.05) is 34.7 Å². The minimum Gasteiger partial charge on any atom is -0.496 e. The Morgan fingerprint density at radius 1 is 1.19 bits per heavy atom. The summed E-state index contributed by atoms with van der Waals surface area (Å²) in [5, 5.41) is 24.9. The average molecular weight is 480 g/mol. The Hall–Kier alpha value is -3.22. The fourth-order valence-electron chi connectivity index (χ4n) is 2.30. The number of hydrogen-bond donors (Lipinski definition) is 2. The number of nitrogens with zero attached hydrogens (tertiary/aromatic N) is 3. The van der Waals surface area contributed by atoms with Gasteiger partial charge in [0.05, 0.1) is 23.9 Å². The summed E-state index contributed by atoms with van der Waals surface area (Å²) in [5.74, 6) is -0.571. The van der Waals surface area contributed by atoms with E-state index in [1.807, 2.05) is 0 Å². The van der Waals surface area contributed by atoms with E-state index in [0.29, 0.717) is 20.7 Å². The van der Waals surface area contributed by atoms with E-state index in [2.05, 4.69) is 20.8 Å². The van der Waals surface area contributed by atoms with Crippen LogP contribution in [0.2, 0.25) is 5.02 Å². The van der Waals surface area contributed by atoms with Crippen molar-refractivity contribution >= 4 is 63.0 Å². The van der Waals surface area contributed by atoms with Crippen LogP contribution in [0.5, 0.6) is 5.75 Å². The highest BCUT2D eigenvalue weighted by Crippen LogP contribution is 2.30. The van der Waals surface area contributed by atoms with Gasteiger partial charge < -0.3 is 10.1 Å².